The van der Waals surface area contributed by atoms with Crippen LogP contribution in [-0.2, 0) is 0 Å². The summed E-state index contributed by atoms with van der Waals surface area (Å²) in [5, 5.41) is 0. The average Bonchev–Trinajstić information content (AvgIpc) is 2.69. The number of hydrogen-bond acceptors (Lipinski definition) is 2. The first kappa shape index (κ1) is 11.5. The molecule has 2 aromatic carbocycles. The molecule has 0 bridgehead atoms. The van der Waals surface area contributed by atoms with Gasteiger partial charge in [-0.05, 0) is 59.3 Å². The minimum atomic E-state index is 0.524. The molecule has 0 saturated heterocycles. The minimum Gasteiger partial charge on any atom is -0.369 e. The van der Waals surface area contributed by atoms with E-state index in [1.807, 2.05) is 28.8 Å². The molecule has 3 rings (SSSR count). The molecular formula is C14H12IN3. The zero-order valence-corrected chi connectivity index (χ0v) is 12.0. The Hall–Kier alpha value is -1.56. The highest BCUT2D eigenvalue weighted by molar-refractivity contribution is 14.1. The van der Waals surface area contributed by atoms with Crippen molar-refractivity contribution in [1.82, 2.24) is 9.55 Å². The second kappa shape index (κ2) is 4.28. The summed E-state index contributed by atoms with van der Waals surface area (Å²) in [5.41, 5.74) is 10.3. The van der Waals surface area contributed by atoms with E-state index in [1.165, 1.54) is 9.13 Å². The number of nitrogen functional groups attached to an aromatic ring is 1. The fourth-order valence-corrected chi connectivity index (χ4v) is 2.54. The SMILES string of the molecule is Cc1ccc(-n2c(N)nc3ccccc32)cc1I. The van der Waals surface area contributed by atoms with E-state index in [-0.39, 0.29) is 0 Å². The number of aryl methyl sites for hydroxylation is 1. The quantitative estimate of drug-likeness (QED) is 0.683. The van der Waals surface area contributed by atoms with Gasteiger partial charge in [-0.2, -0.15) is 0 Å². The number of para-hydroxylation sites is 2. The van der Waals surface area contributed by atoms with Crippen LogP contribution in [0.1, 0.15) is 5.56 Å². The molecule has 0 aliphatic rings. The first-order valence-electron chi connectivity index (χ1n) is 5.66. The van der Waals surface area contributed by atoms with Gasteiger partial charge < -0.3 is 5.73 Å². The lowest BCUT2D eigenvalue weighted by Gasteiger charge is -2.08. The molecule has 0 aliphatic heterocycles. The number of rotatable bonds is 1. The summed E-state index contributed by atoms with van der Waals surface area (Å²) in [6, 6.07) is 14.3. The van der Waals surface area contributed by atoms with Gasteiger partial charge in [0, 0.05) is 3.57 Å². The average molecular weight is 349 g/mol. The molecule has 4 heteroatoms. The Morgan fingerprint density at radius 1 is 1.17 bits per heavy atom. The predicted molar refractivity (Wildman–Crippen MR) is 82.9 cm³/mol. The normalized spacial score (nSPS) is 11.0. The van der Waals surface area contributed by atoms with Crippen LogP contribution in [0.3, 0.4) is 0 Å². The van der Waals surface area contributed by atoms with Crippen molar-refractivity contribution < 1.29 is 0 Å². The van der Waals surface area contributed by atoms with Gasteiger partial charge in [0.15, 0.2) is 0 Å². The number of imidazole rings is 1. The van der Waals surface area contributed by atoms with E-state index < -0.39 is 0 Å². The summed E-state index contributed by atoms with van der Waals surface area (Å²) in [6.45, 7) is 2.10. The zero-order valence-electron chi connectivity index (χ0n) is 9.89. The third kappa shape index (κ3) is 1.77. The van der Waals surface area contributed by atoms with Crippen molar-refractivity contribution in [1.29, 1.82) is 0 Å². The second-order valence-electron chi connectivity index (χ2n) is 4.23. The Bertz CT molecular complexity index is 731. The van der Waals surface area contributed by atoms with Crippen molar-refractivity contribution in [3.8, 4) is 5.69 Å². The Morgan fingerprint density at radius 2 is 1.94 bits per heavy atom. The zero-order chi connectivity index (χ0) is 12.7. The molecule has 0 aliphatic carbocycles. The van der Waals surface area contributed by atoms with Gasteiger partial charge in [0.2, 0.25) is 5.95 Å². The molecule has 1 aromatic heterocycles. The number of halogens is 1. The number of hydrogen-bond donors (Lipinski definition) is 1. The van der Waals surface area contributed by atoms with Gasteiger partial charge in [0.25, 0.3) is 0 Å². The number of fused-ring (bicyclic) bond motifs is 1. The molecule has 0 saturated carbocycles. The lowest BCUT2D eigenvalue weighted by Crippen LogP contribution is -2.01. The Balaban J connectivity index is 2.30. The fraction of sp³-hybridized carbons (Fsp3) is 0.0714. The lowest BCUT2D eigenvalue weighted by molar-refractivity contribution is 1.10. The summed E-state index contributed by atoms with van der Waals surface area (Å²) in [5.74, 6) is 0.524. The van der Waals surface area contributed by atoms with Gasteiger partial charge >= 0.3 is 0 Å². The van der Waals surface area contributed by atoms with Crippen molar-refractivity contribution in [2.75, 3.05) is 5.73 Å². The Labute approximate surface area is 119 Å². The van der Waals surface area contributed by atoms with E-state index in [0.29, 0.717) is 5.95 Å². The van der Waals surface area contributed by atoms with E-state index in [4.69, 9.17) is 5.73 Å². The van der Waals surface area contributed by atoms with Crippen molar-refractivity contribution >= 4 is 39.6 Å². The summed E-state index contributed by atoms with van der Waals surface area (Å²) in [7, 11) is 0. The largest absolute Gasteiger partial charge is 0.369 e. The van der Waals surface area contributed by atoms with Crippen LogP contribution >= 0.6 is 22.6 Å². The standard InChI is InChI=1S/C14H12IN3/c1-9-6-7-10(8-11(9)15)18-13-5-3-2-4-12(13)17-14(18)16/h2-8H,1H3,(H2,16,17). The predicted octanol–water partition coefficient (Wildman–Crippen LogP) is 3.52. The second-order valence-corrected chi connectivity index (χ2v) is 5.39. The van der Waals surface area contributed by atoms with E-state index in [9.17, 15) is 0 Å². The monoisotopic (exact) mass is 349 g/mol. The Kier molecular flexibility index (Phi) is 2.74. The maximum atomic E-state index is 6.02. The van der Waals surface area contributed by atoms with Gasteiger partial charge in [-0.1, -0.05) is 18.2 Å². The first-order chi connectivity index (χ1) is 8.66. The third-order valence-electron chi connectivity index (χ3n) is 3.00. The van der Waals surface area contributed by atoms with Gasteiger partial charge in [-0.3, -0.25) is 4.57 Å². The van der Waals surface area contributed by atoms with E-state index in [1.54, 1.807) is 0 Å². The fourth-order valence-electron chi connectivity index (χ4n) is 2.04. The molecule has 1 heterocycles. The Morgan fingerprint density at radius 3 is 2.72 bits per heavy atom. The van der Waals surface area contributed by atoms with E-state index >= 15 is 0 Å². The minimum absolute atomic E-state index is 0.524. The molecule has 90 valence electrons. The maximum absolute atomic E-state index is 6.02. The molecule has 2 N–H and O–H groups in total. The highest BCUT2D eigenvalue weighted by Crippen LogP contribution is 2.24. The van der Waals surface area contributed by atoms with Gasteiger partial charge in [0.05, 0.1) is 16.7 Å². The molecule has 3 nitrogen and oxygen atoms in total. The topological polar surface area (TPSA) is 43.8 Å². The number of nitrogens with zero attached hydrogens (tertiary/aromatic N) is 2. The van der Waals surface area contributed by atoms with Crippen molar-refractivity contribution in [2.24, 2.45) is 0 Å². The van der Waals surface area contributed by atoms with Crippen molar-refractivity contribution in [3.63, 3.8) is 0 Å². The summed E-state index contributed by atoms with van der Waals surface area (Å²) >= 11 is 2.34. The van der Waals surface area contributed by atoms with E-state index in [2.05, 4.69) is 52.7 Å². The highest BCUT2D eigenvalue weighted by atomic mass is 127. The van der Waals surface area contributed by atoms with Crippen LogP contribution in [0.5, 0.6) is 0 Å². The maximum Gasteiger partial charge on any atom is 0.205 e. The van der Waals surface area contributed by atoms with Crippen LogP contribution in [0.4, 0.5) is 5.95 Å². The van der Waals surface area contributed by atoms with Gasteiger partial charge in [-0.25, -0.2) is 4.98 Å². The van der Waals surface area contributed by atoms with Gasteiger partial charge in [0.1, 0.15) is 0 Å². The van der Waals surface area contributed by atoms with Crippen LogP contribution in [-0.4, -0.2) is 9.55 Å². The molecule has 3 aromatic rings. The summed E-state index contributed by atoms with van der Waals surface area (Å²) < 4.78 is 3.21. The molecular weight excluding hydrogens is 337 g/mol. The third-order valence-corrected chi connectivity index (χ3v) is 4.16. The number of anilines is 1. The van der Waals surface area contributed by atoms with E-state index in [0.717, 1.165) is 16.7 Å². The molecule has 0 amide bonds. The van der Waals surface area contributed by atoms with Crippen LogP contribution in [0, 0.1) is 10.5 Å². The van der Waals surface area contributed by atoms with Crippen molar-refractivity contribution in [2.45, 2.75) is 6.92 Å². The number of nitrogens with two attached hydrogens (primary N) is 1. The van der Waals surface area contributed by atoms with Crippen LogP contribution in [0.25, 0.3) is 16.7 Å². The van der Waals surface area contributed by atoms with Crippen LogP contribution in [0.2, 0.25) is 0 Å². The van der Waals surface area contributed by atoms with Crippen LogP contribution in [0.15, 0.2) is 42.5 Å². The molecule has 0 spiro atoms. The summed E-state index contributed by atoms with van der Waals surface area (Å²) in [6.07, 6.45) is 0. The van der Waals surface area contributed by atoms with Crippen molar-refractivity contribution in [3.05, 3.63) is 51.6 Å². The number of aromatic nitrogens is 2. The molecule has 0 unspecified atom stereocenters. The number of benzene rings is 2. The van der Waals surface area contributed by atoms with Crippen LogP contribution < -0.4 is 5.73 Å². The van der Waals surface area contributed by atoms with Gasteiger partial charge in [-0.15, -0.1) is 0 Å². The molecule has 0 fully saturated rings. The summed E-state index contributed by atoms with van der Waals surface area (Å²) in [4.78, 5) is 4.38. The molecule has 18 heavy (non-hydrogen) atoms. The smallest absolute Gasteiger partial charge is 0.205 e. The first-order valence-corrected chi connectivity index (χ1v) is 6.74. The molecule has 0 atom stereocenters. The highest BCUT2D eigenvalue weighted by Gasteiger charge is 2.09. The lowest BCUT2D eigenvalue weighted by atomic mass is 10.2. The molecule has 0 radical (unpaired) electrons.